The van der Waals surface area contributed by atoms with Gasteiger partial charge in [-0.1, -0.05) is 18.2 Å². The van der Waals surface area contributed by atoms with Gasteiger partial charge in [-0.2, -0.15) is 18.3 Å². The number of alkyl halides is 3. The van der Waals surface area contributed by atoms with Crippen molar-refractivity contribution in [2.45, 2.75) is 18.5 Å². The molecule has 2 atom stereocenters. The summed E-state index contributed by atoms with van der Waals surface area (Å²) in [5, 5.41) is 6.61. The lowest BCUT2D eigenvalue weighted by atomic mass is 10.0. The molecule has 4 nitrogen and oxygen atoms in total. The monoisotopic (exact) mass is 309 g/mol. The first-order chi connectivity index (χ1) is 10.4. The second kappa shape index (κ2) is 5.15. The average Bonchev–Trinajstić information content (AvgIpc) is 3.15. The highest BCUT2D eigenvalue weighted by molar-refractivity contribution is 5.95. The molecular formula is C15H14F3N3O. The van der Waals surface area contributed by atoms with Crippen molar-refractivity contribution in [3.63, 3.8) is 0 Å². The maximum absolute atomic E-state index is 13.0. The lowest BCUT2D eigenvalue weighted by Crippen LogP contribution is -2.15. The summed E-state index contributed by atoms with van der Waals surface area (Å²) in [4.78, 5) is 12.1. The summed E-state index contributed by atoms with van der Waals surface area (Å²) in [6.07, 6.45) is -0.833. The van der Waals surface area contributed by atoms with Crippen LogP contribution in [0.1, 0.15) is 23.5 Å². The van der Waals surface area contributed by atoms with Gasteiger partial charge in [-0.05, 0) is 24.0 Å². The van der Waals surface area contributed by atoms with E-state index in [-0.39, 0.29) is 17.4 Å². The second-order valence-corrected chi connectivity index (χ2v) is 5.43. The van der Waals surface area contributed by atoms with E-state index in [4.69, 9.17) is 0 Å². The van der Waals surface area contributed by atoms with E-state index in [2.05, 4.69) is 10.4 Å². The SMILES string of the molecule is Cn1cc(NC(=O)[C@H]2C[C@@H]2c2ccccc2C(F)(F)F)cn1. The molecule has 1 amide bonds. The van der Waals surface area contributed by atoms with Gasteiger partial charge in [0.1, 0.15) is 0 Å². The molecule has 7 heteroatoms. The summed E-state index contributed by atoms with van der Waals surface area (Å²) in [7, 11) is 1.72. The fourth-order valence-corrected chi connectivity index (χ4v) is 2.63. The number of aromatic nitrogens is 2. The lowest BCUT2D eigenvalue weighted by Gasteiger charge is -2.12. The van der Waals surface area contributed by atoms with Gasteiger partial charge in [0, 0.05) is 19.2 Å². The fraction of sp³-hybridized carbons (Fsp3) is 0.333. The molecule has 1 fully saturated rings. The zero-order valence-electron chi connectivity index (χ0n) is 11.8. The van der Waals surface area contributed by atoms with Crippen molar-refractivity contribution >= 4 is 11.6 Å². The highest BCUT2D eigenvalue weighted by Crippen LogP contribution is 2.51. The molecule has 0 spiro atoms. The molecule has 3 rings (SSSR count). The van der Waals surface area contributed by atoms with Crippen LogP contribution < -0.4 is 5.32 Å². The first-order valence-electron chi connectivity index (χ1n) is 6.82. The average molecular weight is 309 g/mol. The Morgan fingerprint density at radius 2 is 2.09 bits per heavy atom. The van der Waals surface area contributed by atoms with Gasteiger partial charge >= 0.3 is 6.18 Å². The number of aryl methyl sites for hydroxylation is 1. The largest absolute Gasteiger partial charge is 0.416 e. The molecule has 116 valence electrons. The zero-order chi connectivity index (χ0) is 15.9. The molecule has 1 heterocycles. The van der Waals surface area contributed by atoms with Crippen molar-refractivity contribution in [1.82, 2.24) is 9.78 Å². The number of benzene rings is 1. The van der Waals surface area contributed by atoms with Crippen LogP contribution in [0.5, 0.6) is 0 Å². The number of halogens is 3. The van der Waals surface area contributed by atoms with Crippen LogP contribution in [0.2, 0.25) is 0 Å². The highest BCUT2D eigenvalue weighted by Gasteiger charge is 2.47. The molecule has 1 saturated carbocycles. The lowest BCUT2D eigenvalue weighted by molar-refractivity contribution is -0.138. The third-order valence-corrected chi connectivity index (χ3v) is 3.77. The molecule has 0 saturated heterocycles. The predicted octanol–water partition coefficient (Wildman–Crippen LogP) is 3.18. The van der Waals surface area contributed by atoms with Crippen LogP contribution >= 0.6 is 0 Å². The van der Waals surface area contributed by atoms with E-state index in [1.54, 1.807) is 24.0 Å². The van der Waals surface area contributed by atoms with Gasteiger partial charge in [-0.3, -0.25) is 9.48 Å². The van der Waals surface area contributed by atoms with Crippen LogP contribution in [-0.4, -0.2) is 15.7 Å². The predicted molar refractivity (Wildman–Crippen MR) is 74.1 cm³/mol. The minimum atomic E-state index is -4.40. The molecule has 1 aliphatic rings. The zero-order valence-corrected chi connectivity index (χ0v) is 11.8. The van der Waals surface area contributed by atoms with Gasteiger partial charge in [-0.15, -0.1) is 0 Å². The van der Waals surface area contributed by atoms with Crippen molar-refractivity contribution in [2.75, 3.05) is 5.32 Å². The molecule has 1 aromatic heterocycles. The Morgan fingerprint density at radius 3 is 2.73 bits per heavy atom. The summed E-state index contributed by atoms with van der Waals surface area (Å²) < 4.78 is 40.5. The Hall–Kier alpha value is -2.31. The molecule has 1 aromatic carbocycles. The van der Waals surface area contributed by atoms with Crippen molar-refractivity contribution in [1.29, 1.82) is 0 Å². The molecule has 0 aliphatic heterocycles. The van der Waals surface area contributed by atoms with Gasteiger partial charge in [0.15, 0.2) is 0 Å². The van der Waals surface area contributed by atoms with Gasteiger partial charge < -0.3 is 5.32 Å². The number of rotatable bonds is 3. The standard InChI is InChI=1S/C15H14F3N3O/c1-21-8-9(7-19-21)20-14(22)12-6-11(12)10-4-2-3-5-13(10)15(16,17)18/h2-5,7-8,11-12H,6H2,1H3,(H,20,22)/t11-,12+/m1/s1. The van der Waals surface area contributed by atoms with Crippen molar-refractivity contribution < 1.29 is 18.0 Å². The van der Waals surface area contributed by atoms with E-state index in [0.29, 0.717) is 12.1 Å². The van der Waals surface area contributed by atoms with Crippen LogP contribution in [0.25, 0.3) is 0 Å². The Bertz CT molecular complexity index is 708. The van der Waals surface area contributed by atoms with E-state index >= 15 is 0 Å². The topological polar surface area (TPSA) is 46.9 Å². The number of hydrogen-bond acceptors (Lipinski definition) is 2. The van der Waals surface area contributed by atoms with Crippen molar-refractivity contribution in [3.05, 3.63) is 47.8 Å². The maximum atomic E-state index is 13.0. The minimum absolute atomic E-state index is 0.196. The smallest absolute Gasteiger partial charge is 0.323 e. The van der Waals surface area contributed by atoms with E-state index in [9.17, 15) is 18.0 Å². The van der Waals surface area contributed by atoms with Crippen LogP contribution in [0.3, 0.4) is 0 Å². The van der Waals surface area contributed by atoms with Crippen LogP contribution in [-0.2, 0) is 18.0 Å². The Kier molecular flexibility index (Phi) is 3.42. The minimum Gasteiger partial charge on any atom is -0.323 e. The van der Waals surface area contributed by atoms with Crippen LogP contribution in [0.15, 0.2) is 36.7 Å². The van der Waals surface area contributed by atoms with E-state index in [1.807, 2.05) is 0 Å². The first-order valence-corrected chi connectivity index (χ1v) is 6.82. The number of nitrogens with zero attached hydrogens (tertiary/aromatic N) is 2. The molecule has 1 aliphatic carbocycles. The highest BCUT2D eigenvalue weighted by atomic mass is 19.4. The summed E-state index contributed by atoms with van der Waals surface area (Å²) in [6, 6.07) is 5.44. The fourth-order valence-electron chi connectivity index (χ4n) is 2.63. The van der Waals surface area contributed by atoms with E-state index < -0.39 is 17.7 Å². The van der Waals surface area contributed by atoms with Crippen LogP contribution in [0.4, 0.5) is 18.9 Å². The molecule has 2 aromatic rings. The van der Waals surface area contributed by atoms with E-state index in [1.165, 1.54) is 18.3 Å². The number of anilines is 1. The Labute approximate surface area is 124 Å². The quantitative estimate of drug-likeness (QED) is 0.946. The van der Waals surface area contributed by atoms with Crippen LogP contribution in [0, 0.1) is 5.92 Å². The third kappa shape index (κ3) is 2.84. The maximum Gasteiger partial charge on any atom is 0.416 e. The first kappa shape index (κ1) is 14.6. The molecule has 22 heavy (non-hydrogen) atoms. The Morgan fingerprint density at radius 1 is 1.36 bits per heavy atom. The second-order valence-electron chi connectivity index (χ2n) is 5.43. The summed E-state index contributed by atoms with van der Waals surface area (Å²) in [5.74, 6) is -1.08. The van der Waals surface area contributed by atoms with Gasteiger partial charge in [0.25, 0.3) is 0 Å². The molecule has 1 N–H and O–H groups in total. The normalized spacial score (nSPS) is 20.7. The summed E-state index contributed by atoms with van der Waals surface area (Å²) in [5.41, 5.74) is 0.0836. The number of carbonyl (C=O) groups excluding carboxylic acids is 1. The molecular weight excluding hydrogens is 295 g/mol. The third-order valence-electron chi connectivity index (χ3n) is 3.77. The molecule has 0 bridgehead atoms. The van der Waals surface area contributed by atoms with Gasteiger partial charge in [0.2, 0.25) is 5.91 Å². The van der Waals surface area contributed by atoms with Gasteiger partial charge in [-0.25, -0.2) is 0 Å². The Balaban J connectivity index is 1.73. The van der Waals surface area contributed by atoms with Crippen molar-refractivity contribution in [3.8, 4) is 0 Å². The summed E-state index contributed by atoms with van der Waals surface area (Å²) >= 11 is 0. The number of carbonyl (C=O) groups is 1. The molecule has 0 unspecified atom stereocenters. The summed E-state index contributed by atoms with van der Waals surface area (Å²) in [6.45, 7) is 0. The van der Waals surface area contributed by atoms with Crippen molar-refractivity contribution in [2.24, 2.45) is 13.0 Å². The van der Waals surface area contributed by atoms with Gasteiger partial charge in [0.05, 0.1) is 17.4 Å². The number of hydrogen-bond donors (Lipinski definition) is 1. The van der Waals surface area contributed by atoms with E-state index in [0.717, 1.165) is 6.07 Å². The number of nitrogens with one attached hydrogen (secondary N) is 1. The molecule has 0 radical (unpaired) electrons. The number of amides is 1.